The first kappa shape index (κ1) is 13.9. The van der Waals surface area contributed by atoms with Gasteiger partial charge in [-0.05, 0) is 0 Å². The van der Waals surface area contributed by atoms with Gasteiger partial charge in [-0.1, -0.05) is 0 Å². The summed E-state index contributed by atoms with van der Waals surface area (Å²) < 4.78 is 15.4. The fourth-order valence-electron chi connectivity index (χ4n) is 0.770. The van der Waals surface area contributed by atoms with Crippen molar-refractivity contribution in [1.29, 1.82) is 5.26 Å². The Morgan fingerprint density at radius 2 is 1.47 bits per heavy atom. The second-order valence-electron chi connectivity index (χ2n) is 2.63. The van der Waals surface area contributed by atoms with Gasteiger partial charge in [0.05, 0.1) is 45.5 Å². The fraction of sp³-hybridized carbons (Fsp3) is 0.800. The van der Waals surface area contributed by atoms with Crippen molar-refractivity contribution < 1.29 is 14.2 Å². The highest BCUT2D eigenvalue weighted by atomic mass is 16.5. The molecule has 0 unspecified atom stereocenters. The lowest BCUT2D eigenvalue weighted by Gasteiger charge is -2.04. The Morgan fingerprint density at radius 3 is 2.00 bits per heavy atom. The van der Waals surface area contributed by atoms with Crippen LogP contribution in [0.5, 0.6) is 0 Å². The largest absolute Gasteiger partial charge is 0.378 e. The summed E-state index contributed by atoms with van der Waals surface area (Å²) in [6.45, 7) is 9.86. The van der Waals surface area contributed by atoms with Crippen LogP contribution >= 0.6 is 0 Å². The standard InChI is InChI=1S/C10H16N2O3/c1-12-4-6-14-8-10-15-9-7-13-5-2-3-11/h2,4-10H2. The van der Waals surface area contributed by atoms with Crippen molar-refractivity contribution in [3.05, 3.63) is 11.4 Å². The van der Waals surface area contributed by atoms with Crippen LogP contribution in [0.3, 0.4) is 0 Å². The van der Waals surface area contributed by atoms with Gasteiger partial charge in [-0.3, -0.25) is 0 Å². The van der Waals surface area contributed by atoms with Gasteiger partial charge < -0.3 is 19.1 Å². The minimum atomic E-state index is 0.400. The Hall–Kier alpha value is -1.14. The average Bonchev–Trinajstić information content (AvgIpc) is 2.26. The molecule has 84 valence electrons. The van der Waals surface area contributed by atoms with Gasteiger partial charge in [-0.2, -0.15) is 5.26 Å². The third-order valence-corrected chi connectivity index (χ3v) is 1.45. The summed E-state index contributed by atoms with van der Waals surface area (Å²) >= 11 is 0. The molecule has 0 saturated carbocycles. The molecule has 0 aromatic rings. The highest BCUT2D eigenvalue weighted by Gasteiger charge is 1.91. The Bertz CT molecular complexity index is 186. The van der Waals surface area contributed by atoms with E-state index in [0.29, 0.717) is 52.6 Å². The Morgan fingerprint density at radius 1 is 0.933 bits per heavy atom. The molecule has 0 aliphatic carbocycles. The lowest BCUT2D eigenvalue weighted by Crippen LogP contribution is -2.10. The zero-order valence-electron chi connectivity index (χ0n) is 8.78. The van der Waals surface area contributed by atoms with Gasteiger partial charge >= 0.3 is 0 Å². The van der Waals surface area contributed by atoms with Gasteiger partial charge in [0.2, 0.25) is 6.54 Å². The summed E-state index contributed by atoms with van der Waals surface area (Å²) in [5, 5.41) is 8.21. The van der Waals surface area contributed by atoms with Gasteiger partial charge in [-0.25, -0.2) is 6.57 Å². The van der Waals surface area contributed by atoms with E-state index in [-0.39, 0.29) is 0 Å². The molecule has 0 rings (SSSR count). The summed E-state index contributed by atoms with van der Waals surface area (Å²) in [5.41, 5.74) is 0. The van der Waals surface area contributed by atoms with E-state index in [2.05, 4.69) is 4.85 Å². The zero-order chi connectivity index (χ0) is 11.2. The van der Waals surface area contributed by atoms with E-state index in [1.54, 1.807) is 0 Å². The first-order valence-electron chi connectivity index (χ1n) is 4.85. The second kappa shape index (κ2) is 12.9. The van der Waals surface area contributed by atoms with Crippen LogP contribution in [0.25, 0.3) is 4.85 Å². The number of hydrogen-bond donors (Lipinski definition) is 0. The minimum Gasteiger partial charge on any atom is -0.378 e. The molecule has 0 fully saturated rings. The summed E-state index contributed by atoms with van der Waals surface area (Å²) in [7, 11) is 0. The molecule has 0 aromatic heterocycles. The Balaban J connectivity index is 2.88. The molecule has 0 aromatic carbocycles. The molecule has 0 radical (unpaired) electrons. The van der Waals surface area contributed by atoms with E-state index < -0.39 is 0 Å². The SMILES string of the molecule is [C-]#[N+]CCOCCOCCOCCC#N. The molecule has 15 heavy (non-hydrogen) atoms. The van der Waals surface area contributed by atoms with Gasteiger partial charge in [0.25, 0.3) is 0 Å². The Labute approximate surface area is 90.4 Å². The van der Waals surface area contributed by atoms with Crippen molar-refractivity contribution in [2.24, 2.45) is 0 Å². The molecular formula is C10H16N2O3. The quantitative estimate of drug-likeness (QED) is 0.398. The van der Waals surface area contributed by atoms with Crippen molar-refractivity contribution in [2.75, 3.05) is 46.2 Å². The summed E-state index contributed by atoms with van der Waals surface area (Å²) in [4.78, 5) is 3.15. The average molecular weight is 212 g/mol. The lowest BCUT2D eigenvalue weighted by atomic mass is 10.5. The summed E-state index contributed by atoms with van der Waals surface area (Å²) in [5.74, 6) is 0. The van der Waals surface area contributed by atoms with E-state index in [1.807, 2.05) is 6.07 Å². The van der Waals surface area contributed by atoms with Crippen LogP contribution in [0.2, 0.25) is 0 Å². The predicted molar refractivity (Wildman–Crippen MR) is 54.2 cm³/mol. The molecule has 5 heteroatoms. The number of nitrogens with zero attached hydrogens (tertiary/aromatic N) is 2. The van der Waals surface area contributed by atoms with E-state index in [4.69, 9.17) is 26.0 Å². The lowest BCUT2D eigenvalue weighted by molar-refractivity contribution is 0.0177. The van der Waals surface area contributed by atoms with Crippen LogP contribution < -0.4 is 0 Å². The summed E-state index contributed by atoms with van der Waals surface area (Å²) in [6, 6.07) is 1.99. The van der Waals surface area contributed by atoms with Crippen LogP contribution in [-0.2, 0) is 14.2 Å². The van der Waals surface area contributed by atoms with Crippen LogP contribution in [0.1, 0.15) is 6.42 Å². The van der Waals surface area contributed by atoms with Crippen LogP contribution in [0.4, 0.5) is 0 Å². The molecular weight excluding hydrogens is 196 g/mol. The molecule has 0 atom stereocenters. The third kappa shape index (κ3) is 12.9. The van der Waals surface area contributed by atoms with Crippen LogP contribution in [0.15, 0.2) is 0 Å². The predicted octanol–water partition coefficient (Wildman–Crippen LogP) is 0.869. The highest BCUT2D eigenvalue weighted by Crippen LogP contribution is 1.83. The maximum Gasteiger partial charge on any atom is 0.237 e. The first-order valence-corrected chi connectivity index (χ1v) is 4.85. The van der Waals surface area contributed by atoms with Gasteiger partial charge in [0.1, 0.15) is 6.61 Å². The molecule has 0 spiro atoms. The third-order valence-electron chi connectivity index (χ3n) is 1.45. The fourth-order valence-corrected chi connectivity index (χ4v) is 0.770. The normalized spacial score (nSPS) is 9.47. The smallest absolute Gasteiger partial charge is 0.237 e. The molecule has 0 bridgehead atoms. The van der Waals surface area contributed by atoms with Gasteiger partial charge in [0, 0.05) is 0 Å². The number of hydrogen-bond acceptors (Lipinski definition) is 4. The number of rotatable bonds is 10. The van der Waals surface area contributed by atoms with E-state index in [9.17, 15) is 0 Å². The van der Waals surface area contributed by atoms with Gasteiger partial charge in [-0.15, -0.1) is 0 Å². The van der Waals surface area contributed by atoms with Gasteiger partial charge in [0.15, 0.2) is 0 Å². The molecule has 0 saturated heterocycles. The van der Waals surface area contributed by atoms with E-state index in [0.717, 1.165) is 0 Å². The van der Waals surface area contributed by atoms with Crippen LogP contribution in [0, 0.1) is 17.9 Å². The maximum absolute atomic E-state index is 8.21. The number of nitriles is 1. The van der Waals surface area contributed by atoms with Crippen molar-refractivity contribution in [2.45, 2.75) is 6.42 Å². The van der Waals surface area contributed by atoms with Crippen molar-refractivity contribution in [3.8, 4) is 6.07 Å². The zero-order valence-corrected chi connectivity index (χ0v) is 8.78. The minimum absolute atomic E-state index is 0.400. The number of ether oxygens (including phenoxy) is 3. The molecule has 0 aliphatic rings. The maximum atomic E-state index is 8.21. The monoisotopic (exact) mass is 212 g/mol. The molecule has 5 nitrogen and oxygen atoms in total. The van der Waals surface area contributed by atoms with Crippen molar-refractivity contribution in [3.63, 3.8) is 0 Å². The molecule has 0 N–H and O–H groups in total. The summed E-state index contributed by atoms with van der Waals surface area (Å²) in [6.07, 6.45) is 0.416. The van der Waals surface area contributed by atoms with Crippen molar-refractivity contribution >= 4 is 0 Å². The van der Waals surface area contributed by atoms with Crippen molar-refractivity contribution in [1.82, 2.24) is 0 Å². The Kier molecular flexibility index (Phi) is 11.9. The molecule has 0 aliphatic heterocycles. The molecule has 0 heterocycles. The highest BCUT2D eigenvalue weighted by molar-refractivity contribution is 4.66. The molecule has 0 amide bonds. The second-order valence-corrected chi connectivity index (χ2v) is 2.63. The first-order chi connectivity index (χ1) is 7.41. The topological polar surface area (TPSA) is 55.8 Å². The van der Waals surface area contributed by atoms with E-state index in [1.165, 1.54) is 0 Å². The van der Waals surface area contributed by atoms with Crippen LogP contribution in [-0.4, -0.2) is 46.2 Å². The van der Waals surface area contributed by atoms with E-state index >= 15 is 0 Å².